The molecule has 0 aliphatic carbocycles. The number of rotatable bonds is 4. The Kier molecular flexibility index (Phi) is 5.88. The fraction of sp³-hybridized carbons (Fsp3) is 0.650. The predicted octanol–water partition coefficient (Wildman–Crippen LogP) is 3.68. The molecule has 2 aliphatic heterocycles. The summed E-state index contributed by atoms with van der Waals surface area (Å²) < 4.78 is 5.61. The van der Waals surface area contributed by atoms with Gasteiger partial charge in [0, 0.05) is 26.2 Å². The zero-order valence-corrected chi connectivity index (χ0v) is 16.8. The first-order chi connectivity index (χ1) is 13.2. The Hall–Kier alpha value is -1.73. The van der Waals surface area contributed by atoms with Gasteiger partial charge >= 0.3 is 0 Å². The number of aromatic nitrogens is 2. The Morgan fingerprint density at radius 3 is 2.74 bits per heavy atom. The number of carbonyl (C=O) groups is 1. The molecule has 7 heteroatoms. The molecule has 2 aromatic heterocycles. The number of nitrogens with zero attached hydrogens (tertiary/aromatic N) is 3. The molecule has 0 bridgehead atoms. The summed E-state index contributed by atoms with van der Waals surface area (Å²) >= 11 is 1.47. The third-order valence-electron chi connectivity index (χ3n) is 5.58. The van der Waals surface area contributed by atoms with Gasteiger partial charge in [-0.3, -0.25) is 4.79 Å². The van der Waals surface area contributed by atoms with Crippen LogP contribution in [0.4, 0.5) is 5.82 Å². The monoisotopic (exact) mass is 388 g/mol. The Morgan fingerprint density at radius 2 is 2.00 bits per heavy atom. The van der Waals surface area contributed by atoms with Crippen molar-refractivity contribution in [1.82, 2.24) is 15.3 Å². The van der Waals surface area contributed by atoms with E-state index in [1.807, 2.05) is 6.92 Å². The third-order valence-corrected chi connectivity index (χ3v) is 6.78. The van der Waals surface area contributed by atoms with E-state index in [2.05, 4.69) is 20.2 Å². The standard InChI is InChI=1S/C20H28N4O2S/c1-14-16-18(24-9-5-3-2-4-6-10-24)22-13-23-20(16)27-17(14)19(25)21-12-15-8-7-11-26-15/h13,15H,2-12H2,1H3,(H,21,25). The van der Waals surface area contributed by atoms with E-state index in [1.54, 1.807) is 6.33 Å². The van der Waals surface area contributed by atoms with Gasteiger partial charge in [0.2, 0.25) is 0 Å². The van der Waals surface area contributed by atoms with Crippen LogP contribution in [-0.2, 0) is 4.74 Å². The minimum atomic E-state index is -0.0235. The molecule has 1 amide bonds. The summed E-state index contributed by atoms with van der Waals surface area (Å²) in [6.07, 6.45) is 10.2. The van der Waals surface area contributed by atoms with Crippen LogP contribution in [0.25, 0.3) is 10.2 Å². The van der Waals surface area contributed by atoms with Crippen LogP contribution in [0.1, 0.15) is 60.2 Å². The molecule has 4 rings (SSSR count). The molecule has 6 nitrogen and oxygen atoms in total. The number of amides is 1. The lowest BCUT2D eigenvalue weighted by Gasteiger charge is -2.26. The zero-order valence-electron chi connectivity index (χ0n) is 16.0. The van der Waals surface area contributed by atoms with Gasteiger partial charge in [-0.1, -0.05) is 19.3 Å². The van der Waals surface area contributed by atoms with Crippen LogP contribution in [0.2, 0.25) is 0 Å². The Labute approximate surface area is 164 Å². The van der Waals surface area contributed by atoms with Crippen molar-refractivity contribution in [1.29, 1.82) is 0 Å². The van der Waals surface area contributed by atoms with Crippen LogP contribution in [0.3, 0.4) is 0 Å². The number of hydrogen-bond donors (Lipinski definition) is 1. The second kappa shape index (κ2) is 8.52. The number of nitrogens with one attached hydrogen (secondary N) is 1. The van der Waals surface area contributed by atoms with Crippen LogP contribution in [0.5, 0.6) is 0 Å². The van der Waals surface area contributed by atoms with Gasteiger partial charge in [-0.25, -0.2) is 9.97 Å². The van der Waals surface area contributed by atoms with E-state index < -0.39 is 0 Å². The highest BCUT2D eigenvalue weighted by Gasteiger charge is 2.23. The van der Waals surface area contributed by atoms with Crippen molar-refractivity contribution in [3.8, 4) is 0 Å². The van der Waals surface area contributed by atoms with E-state index in [0.717, 1.165) is 59.0 Å². The summed E-state index contributed by atoms with van der Waals surface area (Å²) in [7, 11) is 0. The molecule has 2 aliphatic rings. The molecular weight excluding hydrogens is 360 g/mol. The lowest BCUT2D eigenvalue weighted by molar-refractivity contribution is 0.0860. The van der Waals surface area contributed by atoms with Crippen molar-refractivity contribution in [2.24, 2.45) is 0 Å². The first kappa shape index (κ1) is 18.6. The van der Waals surface area contributed by atoms with Gasteiger partial charge in [-0.2, -0.15) is 0 Å². The van der Waals surface area contributed by atoms with E-state index in [4.69, 9.17) is 4.74 Å². The molecule has 0 saturated carbocycles. The third kappa shape index (κ3) is 4.09. The molecular formula is C20H28N4O2S. The lowest BCUT2D eigenvalue weighted by atomic mass is 10.1. The van der Waals surface area contributed by atoms with Crippen molar-refractivity contribution in [3.05, 3.63) is 16.8 Å². The van der Waals surface area contributed by atoms with Gasteiger partial charge in [0.05, 0.1) is 16.4 Å². The van der Waals surface area contributed by atoms with E-state index in [-0.39, 0.29) is 12.0 Å². The molecule has 27 heavy (non-hydrogen) atoms. The summed E-state index contributed by atoms with van der Waals surface area (Å²) in [5, 5.41) is 4.09. The number of fused-ring (bicyclic) bond motifs is 1. The number of thiophene rings is 1. The number of aryl methyl sites for hydroxylation is 1. The molecule has 2 aromatic rings. The van der Waals surface area contributed by atoms with Gasteiger partial charge in [-0.05, 0) is 38.2 Å². The SMILES string of the molecule is Cc1c(C(=O)NCC2CCCO2)sc2ncnc(N3CCCCCCC3)c12. The van der Waals surface area contributed by atoms with E-state index in [0.29, 0.717) is 6.54 Å². The van der Waals surface area contributed by atoms with E-state index in [9.17, 15) is 4.79 Å². The number of carbonyl (C=O) groups excluding carboxylic acids is 1. The second-order valence-electron chi connectivity index (χ2n) is 7.53. The van der Waals surface area contributed by atoms with Crippen molar-refractivity contribution in [2.45, 2.75) is 58.0 Å². The topological polar surface area (TPSA) is 67.3 Å². The lowest BCUT2D eigenvalue weighted by Crippen LogP contribution is -2.31. The molecule has 2 saturated heterocycles. The number of ether oxygens (including phenoxy) is 1. The van der Waals surface area contributed by atoms with Crippen molar-refractivity contribution < 1.29 is 9.53 Å². The molecule has 4 heterocycles. The zero-order chi connectivity index (χ0) is 18.6. The van der Waals surface area contributed by atoms with Crippen molar-refractivity contribution in [3.63, 3.8) is 0 Å². The smallest absolute Gasteiger partial charge is 0.261 e. The Morgan fingerprint density at radius 1 is 1.22 bits per heavy atom. The fourth-order valence-corrected chi connectivity index (χ4v) is 5.12. The van der Waals surface area contributed by atoms with Crippen molar-refractivity contribution in [2.75, 3.05) is 31.1 Å². The van der Waals surface area contributed by atoms with Crippen LogP contribution in [-0.4, -0.2) is 48.2 Å². The fourth-order valence-electron chi connectivity index (χ4n) is 4.06. The molecule has 1 atom stereocenters. The maximum atomic E-state index is 12.8. The molecule has 0 radical (unpaired) electrons. The highest BCUT2D eigenvalue weighted by molar-refractivity contribution is 7.20. The summed E-state index contributed by atoms with van der Waals surface area (Å²) in [6, 6.07) is 0. The average molecular weight is 389 g/mol. The molecule has 1 N–H and O–H groups in total. The maximum absolute atomic E-state index is 12.8. The average Bonchev–Trinajstić information content (AvgIpc) is 3.28. The van der Waals surface area contributed by atoms with Crippen LogP contribution in [0.15, 0.2) is 6.33 Å². The van der Waals surface area contributed by atoms with Crippen LogP contribution in [0, 0.1) is 6.92 Å². The number of hydrogen-bond acceptors (Lipinski definition) is 6. The molecule has 146 valence electrons. The highest BCUT2D eigenvalue weighted by atomic mass is 32.1. The van der Waals surface area contributed by atoms with Gasteiger partial charge in [0.1, 0.15) is 17.0 Å². The molecule has 2 fully saturated rings. The van der Waals surface area contributed by atoms with Gasteiger partial charge in [-0.15, -0.1) is 11.3 Å². The predicted molar refractivity (Wildman–Crippen MR) is 109 cm³/mol. The Bertz CT molecular complexity index is 793. The van der Waals surface area contributed by atoms with E-state index in [1.165, 1.54) is 43.4 Å². The minimum Gasteiger partial charge on any atom is -0.376 e. The summed E-state index contributed by atoms with van der Waals surface area (Å²) in [5.41, 5.74) is 0.998. The van der Waals surface area contributed by atoms with Crippen LogP contribution < -0.4 is 10.2 Å². The van der Waals surface area contributed by atoms with Crippen LogP contribution >= 0.6 is 11.3 Å². The maximum Gasteiger partial charge on any atom is 0.261 e. The second-order valence-corrected chi connectivity index (χ2v) is 8.53. The molecule has 1 unspecified atom stereocenters. The van der Waals surface area contributed by atoms with Gasteiger partial charge in [0.25, 0.3) is 5.91 Å². The largest absolute Gasteiger partial charge is 0.376 e. The molecule has 0 spiro atoms. The van der Waals surface area contributed by atoms with E-state index >= 15 is 0 Å². The minimum absolute atomic E-state index is 0.0235. The first-order valence-corrected chi connectivity index (χ1v) is 10.9. The summed E-state index contributed by atoms with van der Waals surface area (Å²) in [6.45, 7) is 5.47. The molecule has 0 aromatic carbocycles. The number of anilines is 1. The summed E-state index contributed by atoms with van der Waals surface area (Å²) in [5.74, 6) is 0.971. The highest BCUT2D eigenvalue weighted by Crippen LogP contribution is 2.35. The Balaban J connectivity index is 1.58. The van der Waals surface area contributed by atoms with Gasteiger partial charge < -0.3 is 15.0 Å². The normalized spacial score (nSPS) is 21.2. The van der Waals surface area contributed by atoms with Gasteiger partial charge in [0.15, 0.2) is 0 Å². The summed E-state index contributed by atoms with van der Waals surface area (Å²) in [4.78, 5) is 25.9. The van der Waals surface area contributed by atoms with Crippen molar-refractivity contribution >= 4 is 33.3 Å². The quantitative estimate of drug-likeness (QED) is 0.865. The first-order valence-electron chi connectivity index (χ1n) is 10.1.